The van der Waals surface area contributed by atoms with E-state index < -0.39 is 0 Å². The fourth-order valence-corrected chi connectivity index (χ4v) is 1.21. The molecule has 1 aromatic rings. The van der Waals surface area contributed by atoms with E-state index in [2.05, 4.69) is 6.58 Å². The quantitative estimate of drug-likeness (QED) is 0.803. The van der Waals surface area contributed by atoms with Crippen LogP contribution in [0.1, 0.15) is 12.5 Å². The molecule has 1 aromatic carbocycles. The molecule has 1 rings (SSSR count). The smallest absolute Gasteiger partial charge is 0.164 e. The lowest BCUT2D eigenvalue weighted by atomic mass is 10.1. The van der Waals surface area contributed by atoms with E-state index in [4.69, 9.17) is 9.47 Å². The Hall–Kier alpha value is -1.64. The fourth-order valence-electron chi connectivity index (χ4n) is 1.21. The Morgan fingerprint density at radius 3 is 2.14 bits per heavy atom. The Balaban J connectivity index is 3.30. The summed E-state index contributed by atoms with van der Waals surface area (Å²) in [7, 11) is 3.08. The molecule has 1 N–H and O–H groups in total. The molecule has 0 heterocycles. The number of rotatable bonds is 3. The summed E-state index contributed by atoms with van der Waals surface area (Å²) in [5, 5.41) is 9.62. The Kier molecular flexibility index (Phi) is 3.02. The molecule has 0 aromatic heterocycles. The molecule has 0 aliphatic rings. The van der Waals surface area contributed by atoms with Crippen molar-refractivity contribution in [2.75, 3.05) is 14.2 Å². The molecule has 0 atom stereocenters. The predicted octanol–water partition coefficient (Wildman–Crippen LogP) is 2.44. The van der Waals surface area contributed by atoms with Gasteiger partial charge in [-0.15, -0.1) is 0 Å². The highest BCUT2D eigenvalue weighted by Crippen LogP contribution is 2.36. The Labute approximate surface area is 83.6 Å². The maximum Gasteiger partial charge on any atom is 0.164 e. The second kappa shape index (κ2) is 4.05. The maximum atomic E-state index is 9.62. The van der Waals surface area contributed by atoms with E-state index in [0.717, 1.165) is 5.57 Å². The van der Waals surface area contributed by atoms with Gasteiger partial charge in [-0.05, 0) is 18.6 Å². The van der Waals surface area contributed by atoms with Gasteiger partial charge in [-0.1, -0.05) is 6.58 Å². The Morgan fingerprint density at radius 1 is 1.21 bits per heavy atom. The van der Waals surface area contributed by atoms with Crippen LogP contribution in [0.4, 0.5) is 0 Å². The third-order valence-corrected chi connectivity index (χ3v) is 1.96. The van der Waals surface area contributed by atoms with E-state index in [1.54, 1.807) is 13.2 Å². The van der Waals surface area contributed by atoms with Crippen molar-refractivity contribution in [3.05, 3.63) is 24.3 Å². The second-order valence-electron chi connectivity index (χ2n) is 3.00. The number of benzene rings is 1. The molecule has 0 aliphatic carbocycles. The van der Waals surface area contributed by atoms with Gasteiger partial charge in [-0.25, -0.2) is 0 Å². The molecule has 0 bridgehead atoms. The third-order valence-electron chi connectivity index (χ3n) is 1.96. The van der Waals surface area contributed by atoms with E-state index in [9.17, 15) is 5.11 Å². The minimum absolute atomic E-state index is 0.148. The lowest BCUT2D eigenvalue weighted by molar-refractivity contribution is 0.351. The summed E-state index contributed by atoms with van der Waals surface area (Å²) in [5.41, 5.74) is 1.45. The van der Waals surface area contributed by atoms with E-state index in [1.165, 1.54) is 13.2 Å². The first kappa shape index (κ1) is 10.4. The van der Waals surface area contributed by atoms with E-state index in [0.29, 0.717) is 17.1 Å². The van der Waals surface area contributed by atoms with Crippen LogP contribution in [0.5, 0.6) is 17.2 Å². The minimum Gasteiger partial charge on any atom is -0.507 e. The van der Waals surface area contributed by atoms with Gasteiger partial charge in [-0.3, -0.25) is 0 Å². The van der Waals surface area contributed by atoms with Crippen molar-refractivity contribution < 1.29 is 14.6 Å². The first-order valence-electron chi connectivity index (χ1n) is 4.21. The first-order valence-corrected chi connectivity index (χ1v) is 4.21. The number of methoxy groups -OCH3 is 2. The molecular weight excluding hydrogens is 180 g/mol. The molecule has 0 radical (unpaired) electrons. The Morgan fingerprint density at radius 2 is 1.71 bits per heavy atom. The topological polar surface area (TPSA) is 38.7 Å². The third kappa shape index (κ3) is 1.82. The molecule has 3 nitrogen and oxygen atoms in total. The number of hydrogen-bond donors (Lipinski definition) is 1. The highest BCUT2D eigenvalue weighted by Gasteiger charge is 2.10. The van der Waals surface area contributed by atoms with Gasteiger partial charge in [0.05, 0.1) is 14.2 Å². The number of aromatic hydroxyl groups is 1. The SMILES string of the molecule is C=C(C)c1cc(OC)c(OC)cc1O. The van der Waals surface area contributed by atoms with Gasteiger partial charge >= 0.3 is 0 Å². The minimum atomic E-state index is 0.148. The average Bonchev–Trinajstić information content (AvgIpc) is 2.16. The molecule has 0 fully saturated rings. The first-order chi connectivity index (χ1) is 6.60. The van der Waals surface area contributed by atoms with E-state index in [-0.39, 0.29) is 5.75 Å². The van der Waals surface area contributed by atoms with Crippen LogP contribution in [0.15, 0.2) is 18.7 Å². The molecule has 0 unspecified atom stereocenters. The van der Waals surface area contributed by atoms with Crippen LogP contribution in [0, 0.1) is 0 Å². The summed E-state index contributed by atoms with van der Waals surface area (Å²) in [6, 6.07) is 3.22. The molecule has 76 valence electrons. The summed E-state index contributed by atoms with van der Waals surface area (Å²) < 4.78 is 10.1. The average molecular weight is 194 g/mol. The van der Waals surface area contributed by atoms with Crippen molar-refractivity contribution in [1.82, 2.24) is 0 Å². The van der Waals surface area contributed by atoms with Crippen LogP contribution >= 0.6 is 0 Å². The van der Waals surface area contributed by atoms with Gasteiger partial charge in [0.1, 0.15) is 5.75 Å². The van der Waals surface area contributed by atoms with E-state index >= 15 is 0 Å². The standard InChI is InChI=1S/C11H14O3/c1-7(2)8-5-10(13-3)11(14-4)6-9(8)12/h5-6,12H,1H2,2-4H3. The molecule has 0 saturated heterocycles. The van der Waals surface area contributed by atoms with Gasteiger partial charge in [0.2, 0.25) is 0 Å². The van der Waals surface area contributed by atoms with E-state index in [1.807, 2.05) is 6.92 Å². The van der Waals surface area contributed by atoms with Crippen molar-refractivity contribution in [3.8, 4) is 17.2 Å². The molecule has 0 aliphatic heterocycles. The fraction of sp³-hybridized carbons (Fsp3) is 0.273. The molecule has 0 spiro atoms. The van der Waals surface area contributed by atoms with Gasteiger partial charge in [0.15, 0.2) is 11.5 Å². The lowest BCUT2D eigenvalue weighted by Gasteiger charge is -2.11. The van der Waals surface area contributed by atoms with Crippen LogP contribution < -0.4 is 9.47 Å². The summed E-state index contributed by atoms with van der Waals surface area (Å²) in [6.07, 6.45) is 0. The van der Waals surface area contributed by atoms with Crippen molar-refractivity contribution in [2.45, 2.75) is 6.92 Å². The summed E-state index contributed by atoms with van der Waals surface area (Å²) in [6.45, 7) is 5.58. The van der Waals surface area contributed by atoms with Crippen molar-refractivity contribution >= 4 is 5.57 Å². The van der Waals surface area contributed by atoms with Crippen LogP contribution in [-0.4, -0.2) is 19.3 Å². The van der Waals surface area contributed by atoms with Crippen LogP contribution in [0.2, 0.25) is 0 Å². The summed E-state index contributed by atoms with van der Waals surface area (Å²) >= 11 is 0. The van der Waals surface area contributed by atoms with Gasteiger partial charge in [0, 0.05) is 11.6 Å². The zero-order valence-corrected chi connectivity index (χ0v) is 8.63. The molecular formula is C11H14O3. The van der Waals surface area contributed by atoms with Gasteiger partial charge in [0.25, 0.3) is 0 Å². The normalized spacial score (nSPS) is 9.64. The molecule has 3 heteroatoms. The summed E-state index contributed by atoms with van der Waals surface area (Å²) in [4.78, 5) is 0. The van der Waals surface area contributed by atoms with Crippen molar-refractivity contribution in [3.63, 3.8) is 0 Å². The highest BCUT2D eigenvalue weighted by atomic mass is 16.5. The van der Waals surface area contributed by atoms with Crippen LogP contribution in [-0.2, 0) is 0 Å². The zero-order chi connectivity index (χ0) is 10.7. The van der Waals surface area contributed by atoms with Gasteiger partial charge < -0.3 is 14.6 Å². The maximum absolute atomic E-state index is 9.62. The number of phenolic OH excluding ortho intramolecular Hbond substituents is 1. The second-order valence-corrected chi connectivity index (χ2v) is 3.00. The largest absolute Gasteiger partial charge is 0.507 e. The van der Waals surface area contributed by atoms with Crippen molar-refractivity contribution in [2.24, 2.45) is 0 Å². The van der Waals surface area contributed by atoms with Crippen LogP contribution in [0.25, 0.3) is 5.57 Å². The number of phenols is 1. The number of hydrogen-bond acceptors (Lipinski definition) is 3. The molecule has 0 saturated carbocycles. The Bertz CT molecular complexity index is 356. The summed E-state index contributed by atoms with van der Waals surface area (Å²) in [5.74, 6) is 1.24. The monoisotopic (exact) mass is 194 g/mol. The van der Waals surface area contributed by atoms with Gasteiger partial charge in [-0.2, -0.15) is 0 Å². The highest BCUT2D eigenvalue weighted by molar-refractivity contribution is 5.70. The van der Waals surface area contributed by atoms with Crippen LogP contribution in [0.3, 0.4) is 0 Å². The van der Waals surface area contributed by atoms with Crippen molar-refractivity contribution in [1.29, 1.82) is 0 Å². The molecule has 14 heavy (non-hydrogen) atoms. The lowest BCUT2D eigenvalue weighted by Crippen LogP contribution is -1.92. The number of allylic oxidation sites excluding steroid dienone is 1. The molecule has 0 amide bonds. The number of ether oxygens (including phenoxy) is 2. The zero-order valence-electron chi connectivity index (χ0n) is 8.63. The predicted molar refractivity (Wildman–Crippen MR) is 55.9 cm³/mol.